The van der Waals surface area contributed by atoms with Crippen LogP contribution in [0.4, 0.5) is 17.1 Å². The monoisotopic (exact) mass is 617 g/mol. The molecule has 8 aromatic rings. The summed E-state index contributed by atoms with van der Waals surface area (Å²) in [4.78, 5) is 5.03. The molecule has 5 heteroatoms. The molecule has 0 N–H and O–H groups in total. The number of anilines is 3. The van der Waals surface area contributed by atoms with Gasteiger partial charge in [-0.15, -0.1) is 0 Å². The maximum atomic E-state index is 14.2. The Morgan fingerprint density at radius 1 is 0.378 bits per heavy atom. The Bertz CT molecular complexity index is 2090. The van der Waals surface area contributed by atoms with E-state index in [1.54, 1.807) is 0 Å². The van der Waals surface area contributed by atoms with Crippen LogP contribution in [0.2, 0.25) is 0 Å². The average molecular weight is 618 g/mol. The third-order valence-corrected chi connectivity index (χ3v) is 11.1. The van der Waals surface area contributed by atoms with Crippen molar-refractivity contribution in [2.24, 2.45) is 0 Å². The molecule has 0 amide bonds. The molecular weight excluding hydrogens is 591 g/mol. The summed E-state index contributed by atoms with van der Waals surface area (Å²) >= 11 is -2.93. The van der Waals surface area contributed by atoms with Gasteiger partial charge in [-0.2, -0.15) is 0 Å². The lowest BCUT2D eigenvalue weighted by atomic mass is 9.93. The molecule has 0 aromatic heterocycles. The second-order valence-corrected chi connectivity index (χ2v) is 13.8. The van der Waals surface area contributed by atoms with Gasteiger partial charge in [0.25, 0.3) is 0 Å². The van der Waals surface area contributed by atoms with Crippen LogP contribution in [0, 0.1) is 0 Å². The van der Waals surface area contributed by atoms with Crippen LogP contribution in [0.5, 0.6) is 0 Å². The molecule has 3 nitrogen and oxygen atoms in total. The van der Waals surface area contributed by atoms with Crippen molar-refractivity contribution in [3.8, 4) is 0 Å². The average Bonchev–Trinajstić information content (AvgIpc) is 3.11. The number of nitrogens with zero attached hydrogens (tertiary/aromatic N) is 1. The number of hydrogen-bond donors (Lipinski definition) is 0. The molecule has 0 saturated heterocycles. The van der Waals surface area contributed by atoms with Crippen LogP contribution in [0.3, 0.4) is 0 Å². The molecular formula is C40H27NO2S2. The third-order valence-electron chi connectivity index (χ3n) is 8.23. The van der Waals surface area contributed by atoms with Gasteiger partial charge in [-0.05, 0) is 89.0 Å². The van der Waals surface area contributed by atoms with Crippen molar-refractivity contribution in [2.45, 2.75) is 19.6 Å². The highest BCUT2D eigenvalue weighted by molar-refractivity contribution is 7.92. The summed E-state index contributed by atoms with van der Waals surface area (Å²) in [7, 11) is 0. The van der Waals surface area contributed by atoms with E-state index in [0.29, 0.717) is 19.6 Å². The highest BCUT2D eigenvalue weighted by Gasteiger charge is 2.29. The summed E-state index contributed by atoms with van der Waals surface area (Å²) in [5.41, 5.74) is 3.18. The summed E-state index contributed by atoms with van der Waals surface area (Å²) in [6, 6.07) is 54.5. The maximum Gasteiger partial charge on any atom is 0.171 e. The largest absolute Gasteiger partial charge is 0.606 e. The van der Waals surface area contributed by atoms with Crippen molar-refractivity contribution in [1.82, 2.24) is 0 Å². The zero-order valence-corrected chi connectivity index (χ0v) is 25.8. The topological polar surface area (TPSA) is 49.4 Å². The van der Waals surface area contributed by atoms with Crippen molar-refractivity contribution < 1.29 is 9.11 Å². The minimum absolute atomic E-state index is 0.668. The van der Waals surface area contributed by atoms with Gasteiger partial charge >= 0.3 is 0 Å². The summed E-state index contributed by atoms with van der Waals surface area (Å²) in [6.07, 6.45) is 0. The summed E-state index contributed by atoms with van der Waals surface area (Å²) in [6.45, 7) is 0. The minimum atomic E-state index is -1.47. The molecule has 216 valence electrons. The summed E-state index contributed by atoms with van der Waals surface area (Å²) in [5.74, 6) is 0. The normalized spacial score (nSPS) is 12.9. The van der Waals surface area contributed by atoms with E-state index in [1.165, 1.54) is 0 Å². The fourth-order valence-electron chi connectivity index (χ4n) is 6.21. The van der Waals surface area contributed by atoms with Crippen molar-refractivity contribution >= 4 is 71.7 Å². The molecule has 0 aliphatic carbocycles. The Morgan fingerprint density at radius 3 is 1.20 bits per heavy atom. The maximum absolute atomic E-state index is 14.2. The molecule has 2 atom stereocenters. The van der Waals surface area contributed by atoms with E-state index in [9.17, 15) is 9.11 Å². The number of rotatable bonds is 7. The van der Waals surface area contributed by atoms with Gasteiger partial charge in [-0.1, -0.05) is 84.9 Å². The van der Waals surface area contributed by atoms with E-state index < -0.39 is 22.4 Å². The van der Waals surface area contributed by atoms with E-state index in [4.69, 9.17) is 0 Å². The highest BCUT2D eigenvalue weighted by Crippen LogP contribution is 2.45. The third kappa shape index (κ3) is 4.91. The molecule has 0 saturated carbocycles. The van der Waals surface area contributed by atoms with Gasteiger partial charge in [-0.3, -0.25) is 0 Å². The first kappa shape index (κ1) is 27.7. The lowest BCUT2D eigenvalue weighted by Gasteiger charge is -2.26. The molecule has 8 rings (SSSR count). The zero-order chi connectivity index (χ0) is 30.3. The first-order chi connectivity index (χ1) is 22.2. The van der Waals surface area contributed by atoms with E-state index in [-0.39, 0.29) is 0 Å². The van der Waals surface area contributed by atoms with Gasteiger partial charge in [0, 0.05) is 55.6 Å². The molecule has 0 fully saturated rings. The van der Waals surface area contributed by atoms with Crippen LogP contribution in [-0.4, -0.2) is 9.11 Å². The molecule has 45 heavy (non-hydrogen) atoms. The second-order valence-electron chi connectivity index (χ2n) is 10.9. The molecule has 0 aliphatic heterocycles. The first-order valence-corrected chi connectivity index (χ1v) is 17.1. The van der Waals surface area contributed by atoms with Crippen molar-refractivity contribution in [1.29, 1.82) is 0 Å². The molecule has 0 aliphatic rings. The summed E-state index contributed by atoms with van der Waals surface area (Å²) < 4.78 is 28.3. The quantitative estimate of drug-likeness (QED) is 0.132. The smallest absolute Gasteiger partial charge is 0.171 e. The van der Waals surface area contributed by atoms with Gasteiger partial charge < -0.3 is 14.0 Å². The standard InChI is InChI=1S/C40H27NO2S2/c42-44(33-17-9-3-10-18-33)37-27-38(45(43)34-19-11-4-12-20-34)36-24-22-29-26-32(25-28-21-23-35(37)40(36)39(28)29)41(30-13-5-1-6-14-30)31-15-7-2-8-16-31/h1-27H. The second kappa shape index (κ2) is 11.6. The van der Waals surface area contributed by atoms with Crippen molar-refractivity contribution in [2.75, 3.05) is 4.90 Å². The van der Waals surface area contributed by atoms with Gasteiger partial charge in [-0.25, -0.2) is 0 Å². The number of hydrogen-bond acceptors (Lipinski definition) is 3. The van der Waals surface area contributed by atoms with E-state index in [1.807, 2.05) is 78.9 Å². The predicted octanol–water partition coefficient (Wildman–Crippen LogP) is 10.4. The fourth-order valence-corrected chi connectivity index (χ4v) is 8.80. The summed E-state index contributed by atoms with van der Waals surface area (Å²) in [5, 5.41) is 6.02. The van der Waals surface area contributed by atoms with Crippen LogP contribution >= 0.6 is 0 Å². The Labute approximate surface area is 268 Å². The van der Waals surface area contributed by atoms with Gasteiger partial charge in [0.2, 0.25) is 0 Å². The van der Waals surface area contributed by atoms with Gasteiger partial charge in [0.05, 0.1) is 6.07 Å². The molecule has 0 heterocycles. The number of benzene rings is 8. The van der Waals surface area contributed by atoms with E-state index in [0.717, 1.165) is 49.4 Å². The number of para-hydroxylation sites is 2. The van der Waals surface area contributed by atoms with Gasteiger partial charge in [0.1, 0.15) is 0 Å². The van der Waals surface area contributed by atoms with Crippen LogP contribution in [0.25, 0.3) is 32.3 Å². The van der Waals surface area contributed by atoms with Crippen LogP contribution in [-0.2, 0) is 22.4 Å². The van der Waals surface area contributed by atoms with E-state index in [2.05, 4.69) is 89.8 Å². The Hall–Kier alpha value is -4.78. The first-order valence-electron chi connectivity index (χ1n) is 14.8. The molecule has 0 bridgehead atoms. The minimum Gasteiger partial charge on any atom is -0.606 e. The highest BCUT2D eigenvalue weighted by atomic mass is 32.2. The zero-order valence-electron chi connectivity index (χ0n) is 24.2. The molecule has 0 radical (unpaired) electrons. The van der Waals surface area contributed by atoms with E-state index >= 15 is 0 Å². The Morgan fingerprint density at radius 2 is 0.778 bits per heavy atom. The Kier molecular flexibility index (Phi) is 7.16. The molecule has 8 aromatic carbocycles. The predicted molar refractivity (Wildman–Crippen MR) is 187 cm³/mol. The van der Waals surface area contributed by atoms with Gasteiger partial charge in [0.15, 0.2) is 19.6 Å². The fraction of sp³-hybridized carbons (Fsp3) is 0. The van der Waals surface area contributed by atoms with Crippen LogP contribution < -0.4 is 4.90 Å². The lowest BCUT2D eigenvalue weighted by Crippen LogP contribution is -2.10. The van der Waals surface area contributed by atoms with Crippen LogP contribution in [0.1, 0.15) is 0 Å². The molecule has 0 spiro atoms. The SMILES string of the molecule is [O-][S+](c1ccccc1)c1cc([S+]([O-])c2ccccc2)c2ccc3cc(N(c4ccccc4)c4ccccc4)cc4ccc1c2c43. The van der Waals surface area contributed by atoms with Crippen molar-refractivity contribution in [3.05, 3.63) is 164 Å². The van der Waals surface area contributed by atoms with Crippen LogP contribution in [0.15, 0.2) is 183 Å². The lowest BCUT2D eigenvalue weighted by molar-refractivity contribution is 0.593. The molecule has 2 unspecified atom stereocenters. The Balaban J connectivity index is 1.40. The van der Waals surface area contributed by atoms with Crippen molar-refractivity contribution in [3.63, 3.8) is 0 Å².